The molecular formula is C26H31N3O5S. The molecule has 0 N–H and O–H groups in total. The van der Waals surface area contributed by atoms with Crippen molar-refractivity contribution < 1.29 is 22.7 Å². The van der Waals surface area contributed by atoms with Crippen LogP contribution in [0.4, 0.5) is 0 Å². The molecular weight excluding hydrogens is 466 g/mol. The molecule has 0 saturated carbocycles. The first kappa shape index (κ1) is 25.1. The van der Waals surface area contributed by atoms with Gasteiger partial charge in [0.25, 0.3) is 5.91 Å². The molecule has 0 radical (unpaired) electrons. The third-order valence-electron chi connectivity index (χ3n) is 6.01. The highest BCUT2D eigenvalue weighted by molar-refractivity contribution is 7.90. The molecule has 1 unspecified atom stereocenters. The minimum absolute atomic E-state index is 0.0161. The molecule has 0 bridgehead atoms. The van der Waals surface area contributed by atoms with Gasteiger partial charge in [0.1, 0.15) is 0 Å². The van der Waals surface area contributed by atoms with Gasteiger partial charge in [-0.3, -0.25) is 4.79 Å². The summed E-state index contributed by atoms with van der Waals surface area (Å²) >= 11 is 0. The number of carbonyl (C=O) groups excluding carboxylic acids is 1. The third kappa shape index (κ3) is 6.36. The van der Waals surface area contributed by atoms with Crippen molar-refractivity contribution in [3.05, 3.63) is 83.7 Å². The monoisotopic (exact) mass is 497 g/mol. The van der Waals surface area contributed by atoms with Gasteiger partial charge in [0.15, 0.2) is 0 Å². The van der Waals surface area contributed by atoms with Crippen LogP contribution < -0.4 is 0 Å². The van der Waals surface area contributed by atoms with E-state index in [-0.39, 0.29) is 29.5 Å². The highest BCUT2D eigenvalue weighted by Crippen LogP contribution is 2.21. The molecule has 1 atom stereocenters. The first-order valence-corrected chi connectivity index (χ1v) is 13.4. The molecule has 2 heterocycles. The predicted octanol–water partition coefficient (Wildman–Crippen LogP) is 3.32. The van der Waals surface area contributed by atoms with Crippen LogP contribution in [0.5, 0.6) is 0 Å². The molecule has 1 aliphatic heterocycles. The topological polar surface area (TPSA) is 90.7 Å². The van der Waals surface area contributed by atoms with Crippen LogP contribution in [0.15, 0.2) is 72.0 Å². The zero-order chi connectivity index (χ0) is 24.7. The third-order valence-corrected chi connectivity index (χ3v) is 7.60. The van der Waals surface area contributed by atoms with E-state index < -0.39 is 9.84 Å². The van der Waals surface area contributed by atoms with Crippen LogP contribution >= 0.6 is 0 Å². The Labute approximate surface area is 206 Å². The van der Waals surface area contributed by atoms with Crippen molar-refractivity contribution in [2.75, 3.05) is 26.9 Å². The number of ether oxygens (including phenoxy) is 2. The van der Waals surface area contributed by atoms with E-state index in [2.05, 4.69) is 4.98 Å². The Morgan fingerprint density at radius 3 is 2.51 bits per heavy atom. The molecule has 3 aromatic rings. The van der Waals surface area contributed by atoms with E-state index in [1.807, 2.05) is 36.4 Å². The maximum Gasteiger partial charge on any atom is 0.254 e. The van der Waals surface area contributed by atoms with E-state index >= 15 is 0 Å². The fourth-order valence-corrected chi connectivity index (χ4v) is 5.78. The Morgan fingerprint density at radius 2 is 1.86 bits per heavy atom. The van der Waals surface area contributed by atoms with E-state index in [0.29, 0.717) is 43.1 Å². The fourth-order valence-electron chi connectivity index (χ4n) is 4.26. The van der Waals surface area contributed by atoms with Crippen molar-refractivity contribution in [1.29, 1.82) is 0 Å². The van der Waals surface area contributed by atoms with Crippen LogP contribution in [0.25, 0.3) is 0 Å². The van der Waals surface area contributed by atoms with Gasteiger partial charge in [-0.05, 0) is 30.5 Å². The molecule has 1 saturated heterocycles. The summed E-state index contributed by atoms with van der Waals surface area (Å²) in [6, 6.07) is 18.1. The standard InChI is InChI=1S/C26H31N3O5S/c1-33-16-14-29-23(17-27-26(29)35(31,32)20-21-9-4-2-5-10-21)18-28(19-24-13-8-15-34-24)25(30)22-11-6-3-7-12-22/h2-7,9-12,17,24H,8,13-16,18-20H2,1H3. The van der Waals surface area contributed by atoms with Crippen LogP contribution in [-0.2, 0) is 38.2 Å². The van der Waals surface area contributed by atoms with Gasteiger partial charge < -0.3 is 18.9 Å². The summed E-state index contributed by atoms with van der Waals surface area (Å²) in [4.78, 5) is 19.4. The Balaban J connectivity index is 1.64. The normalized spacial score (nSPS) is 15.9. The molecule has 1 aromatic heterocycles. The number of rotatable bonds is 11. The lowest BCUT2D eigenvalue weighted by Gasteiger charge is -2.26. The van der Waals surface area contributed by atoms with Gasteiger partial charge in [0.2, 0.25) is 15.0 Å². The number of methoxy groups -OCH3 is 1. The number of amides is 1. The Hall–Kier alpha value is -3.01. The van der Waals surface area contributed by atoms with E-state index in [9.17, 15) is 13.2 Å². The number of hydrogen-bond acceptors (Lipinski definition) is 6. The summed E-state index contributed by atoms with van der Waals surface area (Å²) in [6.07, 6.45) is 3.36. The van der Waals surface area contributed by atoms with Crippen LogP contribution in [0.1, 0.15) is 34.5 Å². The number of imidazole rings is 1. The molecule has 0 aliphatic carbocycles. The van der Waals surface area contributed by atoms with Crippen molar-refractivity contribution in [3.8, 4) is 0 Å². The lowest BCUT2D eigenvalue weighted by molar-refractivity contribution is 0.0500. The van der Waals surface area contributed by atoms with Gasteiger partial charge in [-0.15, -0.1) is 0 Å². The Kier molecular flexibility index (Phi) is 8.33. The quantitative estimate of drug-likeness (QED) is 0.404. The van der Waals surface area contributed by atoms with E-state index in [0.717, 1.165) is 12.8 Å². The number of aromatic nitrogens is 2. The van der Waals surface area contributed by atoms with Gasteiger partial charge in [-0.2, -0.15) is 0 Å². The summed E-state index contributed by atoms with van der Waals surface area (Å²) in [7, 11) is -2.15. The van der Waals surface area contributed by atoms with E-state index in [4.69, 9.17) is 9.47 Å². The highest BCUT2D eigenvalue weighted by atomic mass is 32.2. The van der Waals surface area contributed by atoms with Gasteiger partial charge in [-0.1, -0.05) is 48.5 Å². The average molecular weight is 498 g/mol. The largest absolute Gasteiger partial charge is 0.383 e. The number of hydrogen-bond donors (Lipinski definition) is 0. The van der Waals surface area contributed by atoms with E-state index in [1.54, 1.807) is 47.0 Å². The number of sulfone groups is 1. The maximum absolute atomic E-state index is 13.4. The molecule has 186 valence electrons. The maximum atomic E-state index is 13.4. The fraction of sp³-hybridized carbons (Fsp3) is 0.385. The minimum Gasteiger partial charge on any atom is -0.383 e. The van der Waals surface area contributed by atoms with Crippen LogP contribution in [0.2, 0.25) is 0 Å². The highest BCUT2D eigenvalue weighted by Gasteiger charge is 2.28. The summed E-state index contributed by atoms with van der Waals surface area (Å²) in [5.74, 6) is -0.283. The second-order valence-corrected chi connectivity index (χ2v) is 10.5. The number of carbonyl (C=O) groups is 1. The van der Waals surface area contributed by atoms with Gasteiger partial charge in [0.05, 0.1) is 36.9 Å². The molecule has 1 amide bonds. The summed E-state index contributed by atoms with van der Waals surface area (Å²) in [5, 5.41) is -0.0161. The van der Waals surface area contributed by atoms with Gasteiger partial charge >= 0.3 is 0 Å². The van der Waals surface area contributed by atoms with Gasteiger partial charge in [-0.25, -0.2) is 13.4 Å². The first-order valence-electron chi connectivity index (χ1n) is 11.7. The molecule has 0 spiro atoms. The number of nitrogens with zero attached hydrogens (tertiary/aromatic N) is 3. The second kappa shape index (κ2) is 11.6. The van der Waals surface area contributed by atoms with Crippen molar-refractivity contribution in [2.24, 2.45) is 0 Å². The first-order chi connectivity index (χ1) is 17.0. The Bertz CT molecular complexity index is 1210. The van der Waals surface area contributed by atoms with Crippen molar-refractivity contribution in [3.63, 3.8) is 0 Å². The molecule has 1 aliphatic rings. The molecule has 4 rings (SSSR count). The smallest absolute Gasteiger partial charge is 0.254 e. The number of benzene rings is 2. The Morgan fingerprint density at radius 1 is 1.14 bits per heavy atom. The van der Waals surface area contributed by atoms with Crippen LogP contribution in [0.3, 0.4) is 0 Å². The van der Waals surface area contributed by atoms with Crippen molar-refractivity contribution in [2.45, 2.75) is 42.9 Å². The molecule has 1 fully saturated rings. The lowest BCUT2D eigenvalue weighted by atomic mass is 10.1. The van der Waals surface area contributed by atoms with Crippen LogP contribution in [-0.4, -0.2) is 61.7 Å². The lowest BCUT2D eigenvalue weighted by Crippen LogP contribution is -2.37. The average Bonchev–Trinajstić information content (AvgIpc) is 3.53. The summed E-state index contributed by atoms with van der Waals surface area (Å²) in [6.45, 7) is 1.95. The summed E-state index contributed by atoms with van der Waals surface area (Å²) < 4.78 is 39.3. The van der Waals surface area contributed by atoms with Crippen LogP contribution in [0, 0.1) is 0 Å². The summed E-state index contributed by atoms with van der Waals surface area (Å²) in [5.41, 5.74) is 1.90. The molecule has 2 aromatic carbocycles. The van der Waals surface area contributed by atoms with E-state index in [1.165, 1.54) is 0 Å². The molecule has 9 heteroatoms. The second-order valence-electron chi connectivity index (χ2n) is 8.61. The predicted molar refractivity (Wildman–Crippen MR) is 132 cm³/mol. The molecule has 8 nitrogen and oxygen atoms in total. The zero-order valence-electron chi connectivity index (χ0n) is 19.9. The molecule has 35 heavy (non-hydrogen) atoms. The zero-order valence-corrected chi connectivity index (χ0v) is 20.7. The SMILES string of the molecule is COCCn1c(CN(CC2CCCO2)C(=O)c2ccccc2)cnc1S(=O)(=O)Cc1ccccc1. The van der Waals surface area contributed by atoms with Gasteiger partial charge in [0, 0.05) is 32.4 Å². The van der Waals surface area contributed by atoms with Crippen molar-refractivity contribution >= 4 is 15.7 Å². The minimum atomic E-state index is -3.72. The van der Waals surface area contributed by atoms with Crippen molar-refractivity contribution in [1.82, 2.24) is 14.5 Å².